The standard InChI is InChI=1S/C19H25F2N3O3/c1-12-3-4-13(19(26,10-25)17(20)21)7-14(12)15-8-23-16(22)9-24(15)18(2)5-6-27-11-18/h3-4,7-8,17,25-26H,5-6,9-11H2,1-2H3,(H2,22,23)/t18?,19-/m1/s1. The van der Waals surface area contributed by atoms with Gasteiger partial charge in [-0.1, -0.05) is 12.1 Å². The first kappa shape index (κ1) is 19.7. The Morgan fingerprint density at radius 2 is 2.19 bits per heavy atom. The fourth-order valence-electron chi connectivity index (χ4n) is 3.52. The van der Waals surface area contributed by atoms with Crippen LogP contribution in [0.5, 0.6) is 0 Å². The van der Waals surface area contributed by atoms with Crippen molar-refractivity contribution < 1.29 is 23.7 Å². The lowest BCUT2D eigenvalue weighted by Gasteiger charge is -2.42. The largest absolute Gasteiger partial charge is 0.393 e. The number of alkyl halides is 2. The lowest BCUT2D eigenvalue weighted by Crippen LogP contribution is -2.50. The van der Waals surface area contributed by atoms with E-state index in [0.29, 0.717) is 31.2 Å². The molecule has 148 valence electrons. The van der Waals surface area contributed by atoms with Gasteiger partial charge in [-0.15, -0.1) is 0 Å². The van der Waals surface area contributed by atoms with E-state index in [2.05, 4.69) is 16.8 Å². The molecule has 1 fully saturated rings. The number of aliphatic hydroxyl groups is 2. The van der Waals surface area contributed by atoms with Crippen molar-refractivity contribution in [3.63, 3.8) is 0 Å². The van der Waals surface area contributed by atoms with Gasteiger partial charge < -0.3 is 25.6 Å². The second kappa shape index (κ2) is 7.18. The van der Waals surface area contributed by atoms with Crippen molar-refractivity contribution in [1.29, 1.82) is 0 Å². The van der Waals surface area contributed by atoms with E-state index in [4.69, 9.17) is 10.5 Å². The number of amidine groups is 1. The Morgan fingerprint density at radius 1 is 1.44 bits per heavy atom. The molecule has 0 amide bonds. The molecule has 0 bridgehead atoms. The maximum atomic E-state index is 13.4. The summed E-state index contributed by atoms with van der Waals surface area (Å²) in [5, 5.41) is 19.6. The van der Waals surface area contributed by atoms with Gasteiger partial charge in [0.15, 0.2) is 5.60 Å². The summed E-state index contributed by atoms with van der Waals surface area (Å²) >= 11 is 0. The number of ether oxygens (including phenoxy) is 1. The second-order valence-electron chi connectivity index (χ2n) is 7.43. The van der Waals surface area contributed by atoms with Crippen molar-refractivity contribution in [2.75, 3.05) is 26.4 Å². The number of aliphatic imine (C=N–C) groups is 1. The zero-order valence-electron chi connectivity index (χ0n) is 15.5. The van der Waals surface area contributed by atoms with Gasteiger partial charge in [-0.2, -0.15) is 0 Å². The molecule has 3 rings (SSSR count). The first-order valence-electron chi connectivity index (χ1n) is 8.82. The van der Waals surface area contributed by atoms with Crippen molar-refractivity contribution in [3.8, 4) is 0 Å². The molecule has 8 heteroatoms. The molecule has 0 aromatic heterocycles. The van der Waals surface area contributed by atoms with Crippen molar-refractivity contribution >= 4 is 11.5 Å². The van der Waals surface area contributed by atoms with Gasteiger partial charge in [0.25, 0.3) is 6.43 Å². The number of hydrogen-bond acceptors (Lipinski definition) is 6. The minimum Gasteiger partial charge on any atom is -0.393 e. The smallest absolute Gasteiger partial charge is 0.273 e. The molecule has 0 spiro atoms. The van der Waals surface area contributed by atoms with Crippen molar-refractivity contribution in [1.82, 2.24) is 4.90 Å². The van der Waals surface area contributed by atoms with Crippen LogP contribution in [0.1, 0.15) is 30.0 Å². The summed E-state index contributed by atoms with van der Waals surface area (Å²) in [7, 11) is 0. The van der Waals surface area contributed by atoms with E-state index < -0.39 is 18.6 Å². The Morgan fingerprint density at radius 3 is 2.78 bits per heavy atom. The molecular formula is C19H25F2N3O3. The molecule has 1 unspecified atom stereocenters. The van der Waals surface area contributed by atoms with Crippen molar-refractivity contribution in [2.24, 2.45) is 10.7 Å². The minimum atomic E-state index is -3.12. The van der Waals surface area contributed by atoms with E-state index in [9.17, 15) is 19.0 Å². The van der Waals surface area contributed by atoms with E-state index in [1.807, 2.05) is 6.92 Å². The lowest BCUT2D eigenvalue weighted by molar-refractivity contribution is -0.129. The molecule has 2 heterocycles. The Labute approximate surface area is 157 Å². The highest BCUT2D eigenvalue weighted by atomic mass is 19.3. The summed E-state index contributed by atoms with van der Waals surface area (Å²) in [5.41, 5.74) is 5.20. The molecule has 0 saturated carbocycles. The van der Waals surface area contributed by atoms with E-state index in [1.165, 1.54) is 12.1 Å². The summed E-state index contributed by atoms with van der Waals surface area (Å²) in [4.78, 5) is 6.30. The monoisotopic (exact) mass is 381 g/mol. The third kappa shape index (κ3) is 3.44. The van der Waals surface area contributed by atoms with Gasteiger partial charge in [-0.3, -0.25) is 0 Å². The zero-order chi connectivity index (χ0) is 19.8. The van der Waals surface area contributed by atoms with Gasteiger partial charge in [0.1, 0.15) is 5.84 Å². The number of rotatable bonds is 5. The van der Waals surface area contributed by atoms with Crippen LogP contribution in [0.4, 0.5) is 8.78 Å². The van der Waals surface area contributed by atoms with E-state index in [1.54, 1.807) is 12.3 Å². The molecule has 0 aliphatic carbocycles. The van der Waals surface area contributed by atoms with Crippen LogP contribution < -0.4 is 5.73 Å². The van der Waals surface area contributed by atoms with Gasteiger partial charge in [0, 0.05) is 12.2 Å². The number of nitrogens with zero attached hydrogens (tertiary/aromatic N) is 2. The maximum Gasteiger partial charge on any atom is 0.273 e. The average molecular weight is 381 g/mol. The highest BCUT2D eigenvalue weighted by molar-refractivity contribution is 5.88. The summed E-state index contributed by atoms with van der Waals surface area (Å²) < 4.78 is 32.3. The van der Waals surface area contributed by atoms with Crippen molar-refractivity contribution in [3.05, 3.63) is 41.1 Å². The Balaban J connectivity index is 2.09. The summed E-state index contributed by atoms with van der Waals surface area (Å²) in [6.07, 6.45) is -0.702. The zero-order valence-corrected chi connectivity index (χ0v) is 15.5. The average Bonchev–Trinajstić information content (AvgIpc) is 3.09. The quantitative estimate of drug-likeness (QED) is 0.721. The lowest BCUT2D eigenvalue weighted by atomic mass is 9.89. The first-order chi connectivity index (χ1) is 12.7. The molecule has 27 heavy (non-hydrogen) atoms. The highest BCUT2D eigenvalue weighted by Crippen LogP contribution is 2.37. The predicted octanol–water partition coefficient (Wildman–Crippen LogP) is 1.59. The Kier molecular flexibility index (Phi) is 5.24. The van der Waals surface area contributed by atoms with Crippen LogP contribution in [0, 0.1) is 6.92 Å². The number of halogens is 2. The van der Waals surface area contributed by atoms with Crippen LogP contribution in [0.25, 0.3) is 5.70 Å². The molecule has 6 nitrogen and oxygen atoms in total. The number of aryl methyl sites for hydroxylation is 1. The number of benzene rings is 1. The van der Waals surface area contributed by atoms with Crippen LogP contribution in [0.2, 0.25) is 0 Å². The fraction of sp³-hybridized carbons (Fsp3) is 0.526. The third-order valence-corrected chi connectivity index (χ3v) is 5.43. The number of hydrogen-bond donors (Lipinski definition) is 3. The van der Waals surface area contributed by atoms with Gasteiger partial charge in [0.2, 0.25) is 0 Å². The number of nitrogens with two attached hydrogens (primary N) is 1. The van der Waals surface area contributed by atoms with E-state index in [-0.39, 0.29) is 11.1 Å². The molecule has 2 aliphatic rings. The van der Waals surface area contributed by atoms with Gasteiger partial charge in [-0.25, -0.2) is 13.8 Å². The van der Waals surface area contributed by atoms with Crippen LogP contribution >= 0.6 is 0 Å². The Bertz CT molecular complexity index is 775. The molecule has 2 atom stereocenters. The fourth-order valence-corrected chi connectivity index (χ4v) is 3.52. The second-order valence-corrected chi connectivity index (χ2v) is 7.43. The molecular weight excluding hydrogens is 356 g/mol. The Hall–Kier alpha value is -2.03. The van der Waals surface area contributed by atoms with Crippen molar-refractivity contribution in [2.45, 2.75) is 37.8 Å². The van der Waals surface area contributed by atoms with Crippen LogP contribution in [-0.2, 0) is 10.3 Å². The first-order valence-corrected chi connectivity index (χ1v) is 8.82. The van der Waals surface area contributed by atoms with Crippen LogP contribution in [0.3, 0.4) is 0 Å². The molecule has 1 aromatic carbocycles. The van der Waals surface area contributed by atoms with Gasteiger partial charge in [0.05, 0.1) is 37.2 Å². The topological polar surface area (TPSA) is 91.3 Å². The normalized spacial score (nSPS) is 25.4. The van der Waals surface area contributed by atoms with Crippen LogP contribution in [0.15, 0.2) is 29.4 Å². The predicted molar refractivity (Wildman–Crippen MR) is 98.3 cm³/mol. The van der Waals surface area contributed by atoms with Gasteiger partial charge in [-0.05, 0) is 37.5 Å². The maximum absolute atomic E-state index is 13.4. The van der Waals surface area contributed by atoms with Gasteiger partial charge >= 0.3 is 0 Å². The number of aliphatic hydroxyl groups excluding tert-OH is 1. The summed E-state index contributed by atoms with van der Waals surface area (Å²) in [6.45, 7) is 4.39. The molecule has 0 radical (unpaired) electrons. The van der Waals surface area contributed by atoms with E-state index in [0.717, 1.165) is 17.7 Å². The van der Waals surface area contributed by atoms with E-state index >= 15 is 0 Å². The molecule has 1 saturated heterocycles. The SMILES string of the molecule is Cc1ccc([C@](O)(CO)C(F)F)cc1C1=CN=C(N)CN1C1(C)CCOC1. The third-order valence-electron chi connectivity index (χ3n) is 5.43. The molecule has 2 aliphatic heterocycles. The molecule has 4 N–H and O–H groups in total. The molecule has 1 aromatic rings. The minimum absolute atomic E-state index is 0.0446. The summed E-state index contributed by atoms with van der Waals surface area (Å²) in [5.74, 6) is 0.458. The van der Waals surface area contributed by atoms with Crippen LogP contribution in [-0.4, -0.2) is 59.3 Å². The highest BCUT2D eigenvalue weighted by Gasteiger charge is 2.41. The summed E-state index contributed by atoms with van der Waals surface area (Å²) in [6, 6.07) is 4.56.